The monoisotopic (exact) mass is 206 g/mol. The van der Waals surface area contributed by atoms with Crippen LogP contribution in [-0.4, -0.2) is 16.5 Å². The molecule has 0 saturated heterocycles. The third kappa shape index (κ3) is 1.30. The van der Waals surface area contributed by atoms with Crippen molar-refractivity contribution in [1.82, 2.24) is 0 Å². The molecular formula is C11H10O2S. The number of aromatic hydroxyl groups is 2. The fraction of sp³-hybridized carbons (Fsp3) is 0.0909. The molecule has 14 heavy (non-hydrogen) atoms. The van der Waals surface area contributed by atoms with Gasteiger partial charge in [-0.25, -0.2) is 0 Å². The van der Waals surface area contributed by atoms with Crippen molar-refractivity contribution in [1.29, 1.82) is 0 Å². The molecule has 0 fully saturated rings. The minimum atomic E-state index is 0.211. The Morgan fingerprint density at radius 3 is 2.36 bits per heavy atom. The first-order valence-corrected chi connectivity index (χ1v) is 5.44. The summed E-state index contributed by atoms with van der Waals surface area (Å²) in [4.78, 5) is 0.696. The van der Waals surface area contributed by atoms with E-state index in [4.69, 9.17) is 0 Å². The second-order valence-electron chi connectivity index (χ2n) is 2.99. The van der Waals surface area contributed by atoms with Crippen molar-refractivity contribution in [3.8, 4) is 11.5 Å². The van der Waals surface area contributed by atoms with Gasteiger partial charge in [-0.2, -0.15) is 0 Å². The maximum Gasteiger partial charge on any atom is 0.137 e. The van der Waals surface area contributed by atoms with Crippen LogP contribution in [0.2, 0.25) is 0 Å². The van der Waals surface area contributed by atoms with Crippen molar-refractivity contribution in [2.45, 2.75) is 4.90 Å². The highest BCUT2D eigenvalue weighted by Crippen LogP contribution is 2.39. The molecule has 2 aromatic rings. The molecule has 0 atom stereocenters. The Bertz CT molecular complexity index is 480. The minimum Gasteiger partial charge on any atom is -0.507 e. The number of hydrogen-bond acceptors (Lipinski definition) is 3. The molecular weight excluding hydrogens is 196 g/mol. The maximum absolute atomic E-state index is 9.84. The largest absolute Gasteiger partial charge is 0.507 e. The molecule has 0 spiro atoms. The van der Waals surface area contributed by atoms with E-state index < -0.39 is 0 Å². The van der Waals surface area contributed by atoms with Crippen molar-refractivity contribution < 1.29 is 10.2 Å². The zero-order chi connectivity index (χ0) is 10.1. The average Bonchev–Trinajstić information content (AvgIpc) is 2.23. The summed E-state index contributed by atoms with van der Waals surface area (Å²) in [7, 11) is 0. The molecule has 72 valence electrons. The molecule has 0 bridgehead atoms. The van der Waals surface area contributed by atoms with Gasteiger partial charge in [0.15, 0.2) is 0 Å². The van der Waals surface area contributed by atoms with Crippen LogP contribution in [0.4, 0.5) is 0 Å². The number of thioether (sulfide) groups is 1. The number of rotatable bonds is 1. The third-order valence-corrected chi connectivity index (χ3v) is 2.93. The molecule has 0 radical (unpaired) electrons. The first-order chi connectivity index (χ1) is 6.74. The van der Waals surface area contributed by atoms with E-state index in [1.807, 2.05) is 18.4 Å². The SMILES string of the molecule is CSc1cc(O)c2ccccc2c1O. The molecule has 2 nitrogen and oxygen atoms in total. The van der Waals surface area contributed by atoms with Gasteiger partial charge < -0.3 is 10.2 Å². The molecule has 0 aromatic heterocycles. The van der Waals surface area contributed by atoms with Crippen LogP contribution in [0, 0.1) is 0 Å². The summed E-state index contributed by atoms with van der Waals surface area (Å²) < 4.78 is 0. The van der Waals surface area contributed by atoms with E-state index in [0.29, 0.717) is 15.7 Å². The summed E-state index contributed by atoms with van der Waals surface area (Å²) in [6, 6.07) is 8.84. The van der Waals surface area contributed by atoms with Gasteiger partial charge in [0.2, 0.25) is 0 Å². The van der Waals surface area contributed by atoms with E-state index in [-0.39, 0.29) is 11.5 Å². The Balaban J connectivity index is 2.87. The summed E-state index contributed by atoms with van der Waals surface area (Å²) in [5.74, 6) is 0.452. The Kier molecular flexibility index (Phi) is 2.25. The molecule has 0 unspecified atom stereocenters. The molecule has 2 aromatic carbocycles. The van der Waals surface area contributed by atoms with Crippen molar-refractivity contribution in [3.63, 3.8) is 0 Å². The number of phenolic OH excluding ortho intramolecular Hbond substituents is 2. The third-order valence-electron chi connectivity index (χ3n) is 2.18. The van der Waals surface area contributed by atoms with Crippen LogP contribution in [-0.2, 0) is 0 Å². The summed E-state index contributed by atoms with van der Waals surface area (Å²) in [5.41, 5.74) is 0. The van der Waals surface area contributed by atoms with Crippen LogP contribution in [0.15, 0.2) is 35.2 Å². The second-order valence-corrected chi connectivity index (χ2v) is 3.84. The van der Waals surface area contributed by atoms with Gasteiger partial charge >= 0.3 is 0 Å². The lowest BCUT2D eigenvalue weighted by molar-refractivity contribution is 0.458. The molecule has 2 N–H and O–H groups in total. The van der Waals surface area contributed by atoms with Crippen LogP contribution in [0.25, 0.3) is 10.8 Å². The van der Waals surface area contributed by atoms with E-state index in [2.05, 4.69) is 0 Å². The Hall–Kier alpha value is -1.35. The summed E-state index contributed by atoms with van der Waals surface area (Å²) >= 11 is 1.41. The van der Waals surface area contributed by atoms with Gasteiger partial charge in [-0.1, -0.05) is 24.3 Å². The molecule has 0 amide bonds. The van der Waals surface area contributed by atoms with Crippen molar-refractivity contribution >= 4 is 22.5 Å². The van der Waals surface area contributed by atoms with Gasteiger partial charge in [-0.3, -0.25) is 0 Å². The lowest BCUT2D eigenvalue weighted by Crippen LogP contribution is -1.79. The van der Waals surface area contributed by atoms with Gasteiger partial charge in [-0.15, -0.1) is 11.8 Å². The Morgan fingerprint density at radius 2 is 1.71 bits per heavy atom. The number of phenols is 2. The number of benzene rings is 2. The van der Waals surface area contributed by atoms with Crippen LogP contribution in [0.5, 0.6) is 11.5 Å². The van der Waals surface area contributed by atoms with E-state index in [1.165, 1.54) is 11.8 Å². The Labute approximate surface area is 86.2 Å². The average molecular weight is 206 g/mol. The van der Waals surface area contributed by atoms with Gasteiger partial charge in [0.05, 0.1) is 4.90 Å². The molecule has 0 heterocycles. The van der Waals surface area contributed by atoms with Gasteiger partial charge in [-0.05, 0) is 12.3 Å². The Morgan fingerprint density at radius 1 is 1.07 bits per heavy atom. The number of fused-ring (bicyclic) bond motifs is 1. The maximum atomic E-state index is 9.84. The van der Waals surface area contributed by atoms with Gasteiger partial charge in [0.25, 0.3) is 0 Å². The van der Waals surface area contributed by atoms with Gasteiger partial charge in [0.1, 0.15) is 11.5 Å². The highest BCUT2D eigenvalue weighted by atomic mass is 32.2. The molecule has 3 heteroatoms. The summed E-state index contributed by atoms with van der Waals surface area (Å²) in [5, 5.41) is 20.9. The molecule has 2 rings (SSSR count). The highest BCUT2D eigenvalue weighted by molar-refractivity contribution is 7.98. The van der Waals surface area contributed by atoms with Crippen molar-refractivity contribution in [2.75, 3.05) is 6.26 Å². The van der Waals surface area contributed by atoms with E-state index in [1.54, 1.807) is 18.2 Å². The molecule has 0 aliphatic rings. The second kappa shape index (κ2) is 3.42. The zero-order valence-electron chi connectivity index (χ0n) is 7.69. The topological polar surface area (TPSA) is 40.5 Å². The molecule has 0 saturated carbocycles. The summed E-state index contributed by atoms with van der Waals surface area (Å²) in [6.07, 6.45) is 1.86. The molecule has 0 aliphatic carbocycles. The van der Waals surface area contributed by atoms with E-state index in [9.17, 15) is 10.2 Å². The first kappa shape index (κ1) is 9.21. The van der Waals surface area contributed by atoms with Gasteiger partial charge in [0, 0.05) is 10.8 Å². The van der Waals surface area contributed by atoms with Crippen LogP contribution in [0.1, 0.15) is 0 Å². The highest BCUT2D eigenvalue weighted by Gasteiger charge is 2.08. The molecule has 0 aliphatic heterocycles. The lowest BCUT2D eigenvalue weighted by atomic mass is 10.1. The minimum absolute atomic E-state index is 0.211. The number of hydrogen-bond donors (Lipinski definition) is 2. The predicted octanol–water partition coefficient (Wildman–Crippen LogP) is 2.97. The quantitative estimate of drug-likeness (QED) is 0.556. The van der Waals surface area contributed by atoms with Crippen LogP contribution in [0.3, 0.4) is 0 Å². The van der Waals surface area contributed by atoms with Crippen molar-refractivity contribution in [2.24, 2.45) is 0 Å². The zero-order valence-corrected chi connectivity index (χ0v) is 8.51. The first-order valence-electron chi connectivity index (χ1n) is 4.21. The smallest absolute Gasteiger partial charge is 0.137 e. The fourth-order valence-corrected chi connectivity index (χ4v) is 2.00. The normalized spacial score (nSPS) is 10.6. The van der Waals surface area contributed by atoms with E-state index in [0.717, 1.165) is 0 Å². The predicted molar refractivity (Wildman–Crippen MR) is 59.1 cm³/mol. The van der Waals surface area contributed by atoms with E-state index >= 15 is 0 Å². The summed E-state index contributed by atoms with van der Waals surface area (Å²) in [6.45, 7) is 0. The van der Waals surface area contributed by atoms with Crippen LogP contribution < -0.4 is 0 Å². The van der Waals surface area contributed by atoms with Crippen molar-refractivity contribution in [3.05, 3.63) is 30.3 Å². The van der Waals surface area contributed by atoms with Crippen LogP contribution >= 0.6 is 11.8 Å². The lowest BCUT2D eigenvalue weighted by Gasteiger charge is -2.07. The standard InChI is InChI=1S/C11H10O2S/c1-14-10-6-9(12)7-4-2-3-5-8(7)11(10)13/h2-6,12-13H,1H3. The fourth-order valence-electron chi connectivity index (χ4n) is 1.47.